The van der Waals surface area contributed by atoms with Crippen LogP contribution in [0.4, 0.5) is 0 Å². The normalized spacial score (nSPS) is 15.1. The van der Waals surface area contributed by atoms with Crippen molar-refractivity contribution in [2.24, 2.45) is 0 Å². The second-order valence-corrected chi connectivity index (χ2v) is 10.1. The van der Waals surface area contributed by atoms with E-state index in [1.165, 1.54) is 22.9 Å². The van der Waals surface area contributed by atoms with Crippen molar-refractivity contribution in [3.05, 3.63) is 23.8 Å². The summed E-state index contributed by atoms with van der Waals surface area (Å²) >= 11 is 2.10. The van der Waals surface area contributed by atoms with Crippen molar-refractivity contribution in [3.8, 4) is 5.75 Å². The molecule has 0 fully saturated rings. The molecule has 2 nitrogen and oxygen atoms in total. The van der Waals surface area contributed by atoms with Crippen LogP contribution in [-0.2, 0) is 0 Å². The Hall–Kier alpha value is -0.151. The van der Waals surface area contributed by atoms with Crippen molar-refractivity contribution in [1.82, 2.24) is 0 Å². The minimum atomic E-state index is -0.182. The Kier molecular flexibility index (Phi) is 11.2. The van der Waals surface area contributed by atoms with Gasteiger partial charge in [-0.15, -0.1) is 0 Å². The summed E-state index contributed by atoms with van der Waals surface area (Å²) in [6, 6.07) is 6.40. The van der Waals surface area contributed by atoms with Crippen LogP contribution in [0, 0.1) is 0 Å². The number of methoxy groups -OCH3 is 1. The Morgan fingerprint density at radius 3 is 2.42 bits per heavy atom. The predicted molar refractivity (Wildman–Crippen MR) is 109 cm³/mol. The van der Waals surface area contributed by atoms with Gasteiger partial charge in [0.1, 0.15) is 0 Å². The maximum absolute atomic E-state index is 10.7. The summed E-state index contributed by atoms with van der Waals surface area (Å²) < 4.78 is 7.02. The minimum absolute atomic E-state index is 0.182. The Morgan fingerprint density at radius 1 is 1.17 bits per heavy atom. The van der Waals surface area contributed by atoms with Crippen molar-refractivity contribution >= 4 is 31.2 Å². The summed E-state index contributed by atoms with van der Waals surface area (Å²) in [7, 11) is 1.76. The fraction of sp³-hybridized carbons (Fsp3) is 0.700. The molecule has 0 aliphatic rings. The van der Waals surface area contributed by atoms with Crippen LogP contribution in [0.15, 0.2) is 18.2 Å². The van der Waals surface area contributed by atoms with Gasteiger partial charge in [0.05, 0.1) is 0 Å². The van der Waals surface area contributed by atoms with Gasteiger partial charge in [0, 0.05) is 0 Å². The first-order chi connectivity index (χ1) is 11.6. The van der Waals surface area contributed by atoms with Crippen LogP contribution in [-0.4, -0.2) is 39.5 Å². The predicted octanol–water partition coefficient (Wildman–Crippen LogP) is 4.98. The van der Waals surface area contributed by atoms with Crippen LogP contribution >= 0.6 is 11.8 Å². The van der Waals surface area contributed by atoms with Gasteiger partial charge in [0.2, 0.25) is 0 Å². The molecule has 24 heavy (non-hydrogen) atoms. The van der Waals surface area contributed by atoms with E-state index in [0.717, 1.165) is 31.4 Å². The first-order valence-electron chi connectivity index (χ1n) is 9.13. The van der Waals surface area contributed by atoms with Gasteiger partial charge in [0.15, 0.2) is 0 Å². The summed E-state index contributed by atoms with van der Waals surface area (Å²) in [4.78, 5) is 0.383. The topological polar surface area (TPSA) is 29.5 Å². The second-order valence-electron chi connectivity index (χ2n) is 6.26. The van der Waals surface area contributed by atoms with Crippen LogP contribution < -0.4 is 9.20 Å². The summed E-state index contributed by atoms with van der Waals surface area (Å²) in [5.41, 5.74) is 1.38. The molecular formula is C20H34O2SSe. The molecule has 1 aromatic rings. The summed E-state index contributed by atoms with van der Waals surface area (Å²) in [6.45, 7) is 6.68. The van der Waals surface area contributed by atoms with Crippen molar-refractivity contribution in [2.75, 3.05) is 13.4 Å². The third kappa shape index (κ3) is 6.63. The van der Waals surface area contributed by atoms with E-state index in [1.54, 1.807) is 7.11 Å². The molecule has 0 aliphatic heterocycles. The molecule has 1 aromatic carbocycles. The molecule has 0 aliphatic carbocycles. The molecule has 138 valence electrons. The Balaban J connectivity index is 3.06. The third-order valence-corrected chi connectivity index (χ3v) is 8.58. The van der Waals surface area contributed by atoms with Crippen LogP contribution in [0.3, 0.4) is 0 Å². The van der Waals surface area contributed by atoms with Gasteiger partial charge in [0.25, 0.3) is 0 Å². The van der Waals surface area contributed by atoms with E-state index in [0.29, 0.717) is 10.1 Å². The first-order valence-corrected chi connectivity index (χ1v) is 12.3. The molecule has 2 unspecified atom stereocenters. The van der Waals surface area contributed by atoms with Crippen LogP contribution in [0.2, 0.25) is 4.82 Å². The summed E-state index contributed by atoms with van der Waals surface area (Å²) in [5.74, 6) is 0.998. The number of unbranched alkanes of at least 4 members (excludes halogenated alkanes) is 2. The van der Waals surface area contributed by atoms with Gasteiger partial charge in [-0.2, -0.15) is 0 Å². The zero-order valence-corrected chi connectivity index (χ0v) is 18.4. The van der Waals surface area contributed by atoms with Gasteiger partial charge < -0.3 is 0 Å². The zero-order chi connectivity index (χ0) is 17.9. The Labute approximate surface area is 159 Å². The fourth-order valence-corrected chi connectivity index (χ4v) is 6.58. The number of hydrogen-bond acceptors (Lipinski definition) is 3. The molecule has 0 radical (unpaired) electrons. The quantitative estimate of drug-likeness (QED) is 0.487. The SMILES string of the molecule is CCCCC(O)C(CCCC)[Se]c1c(OC)cccc1[C@H](C)SC. The van der Waals surface area contributed by atoms with E-state index in [-0.39, 0.29) is 21.1 Å². The van der Waals surface area contributed by atoms with E-state index >= 15 is 0 Å². The molecule has 0 saturated carbocycles. The number of thioether (sulfide) groups is 1. The molecule has 1 rings (SSSR count). The van der Waals surface area contributed by atoms with Crippen LogP contribution in [0.5, 0.6) is 5.75 Å². The van der Waals surface area contributed by atoms with Gasteiger partial charge in [-0.3, -0.25) is 0 Å². The van der Waals surface area contributed by atoms with Crippen LogP contribution in [0.25, 0.3) is 0 Å². The fourth-order valence-electron chi connectivity index (χ4n) is 2.75. The molecule has 0 heterocycles. The zero-order valence-electron chi connectivity index (χ0n) is 15.9. The van der Waals surface area contributed by atoms with E-state index in [4.69, 9.17) is 4.74 Å². The molecule has 0 saturated heterocycles. The molecule has 3 atom stereocenters. The van der Waals surface area contributed by atoms with Crippen molar-refractivity contribution in [2.45, 2.75) is 75.5 Å². The van der Waals surface area contributed by atoms with E-state index in [1.807, 2.05) is 11.8 Å². The van der Waals surface area contributed by atoms with E-state index in [9.17, 15) is 5.11 Å². The van der Waals surface area contributed by atoms with Gasteiger partial charge in [-0.05, 0) is 0 Å². The number of benzene rings is 1. The van der Waals surface area contributed by atoms with Gasteiger partial charge >= 0.3 is 159 Å². The van der Waals surface area contributed by atoms with Crippen molar-refractivity contribution in [3.63, 3.8) is 0 Å². The number of aliphatic hydroxyl groups is 1. The second kappa shape index (κ2) is 12.2. The number of rotatable bonds is 12. The van der Waals surface area contributed by atoms with Crippen molar-refractivity contribution < 1.29 is 9.84 Å². The van der Waals surface area contributed by atoms with Crippen molar-refractivity contribution in [1.29, 1.82) is 0 Å². The molecule has 1 N–H and O–H groups in total. The van der Waals surface area contributed by atoms with Gasteiger partial charge in [-0.1, -0.05) is 0 Å². The standard InChI is InChI=1S/C20H34O2SSe/c1-6-8-12-17(21)19(14-9-7-2)24-20-16(15(3)23-5)11-10-13-18(20)22-4/h10-11,13,15,17,19,21H,6-9,12,14H2,1-5H3/t15-,17?,19?/m0/s1. The molecule has 0 bridgehead atoms. The first kappa shape index (κ1) is 21.9. The number of ether oxygens (including phenoxy) is 1. The summed E-state index contributed by atoms with van der Waals surface area (Å²) in [5, 5.41) is 11.2. The number of hydrogen-bond donors (Lipinski definition) is 1. The number of aliphatic hydroxyl groups excluding tert-OH is 1. The van der Waals surface area contributed by atoms with E-state index < -0.39 is 0 Å². The van der Waals surface area contributed by atoms with Crippen LogP contribution in [0.1, 0.15) is 70.1 Å². The van der Waals surface area contributed by atoms with E-state index in [2.05, 4.69) is 45.2 Å². The maximum atomic E-state index is 10.7. The average molecular weight is 418 g/mol. The van der Waals surface area contributed by atoms with Gasteiger partial charge in [-0.25, -0.2) is 0 Å². The molecule has 0 spiro atoms. The summed E-state index contributed by atoms with van der Waals surface area (Å²) in [6.07, 6.45) is 8.66. The molecule has 0 aromatic heterocycles. The molecular weight excluding hydrogens is 383 g/mol. The Morgan fingerprint density at radius 2 is 1.83 bits per heavy atom. The molecule has 4 heteroatoms. The average Bonchev–Trinajstić information content (AvgIpc) is 2.62. The third-order valence-electron chi connectivity index (χ3n) is 4.41. The molecule has 0 amide bonds. The monoisotopic (exact) mass is 418 g/mol. The Bertz CT molecular complexity index is 467.